The first-order valence-electron chi connectivity index (χ1n) is 8.46. The molecule has 144 valence electrons. The highest BCUT2D eigenvalue weighted by Gasteiger charge is 2.32. The number of nitrogens with one attached hydrogen (secondary N) is 1. The summed E-state index contributed by atoms with van der Waals surface area (Å²) in [5.41, 5.74) is 0.279. The van der Waals surface area contributed by atoms with Crippen LogP contribution >= 0.6 is 11.8 Å². The number of halogens is 2. The average Bonchev–Trinajstić information content (AvgIpc) is 3.36. The third-order valence-electron chi connectivity index (χ3n) is 4.02. The number of anilines is 1. The van der Waals surface area contributed by atoms with Gasteiger partial charge in [-0.3, -0.25) is 9.59 Å². The van der Waals surface area contributed by atoms with E-state index in [1.807, 2.05) is 0 Å². The van der Waals surface area contributed by atoms with Crippen LogP contribution in [-0.4, -0.2) is 39.4 Å². The molecule has 0 aliphatic heterocycles. The maximum atomic E-state index is 13.9. The van der Waals surface area contributed by atoms with E-state index in [1.54, 1.807) is 17.9 Å². The van der Waals surface area contributed by atoms with Gasteiger partial charge in [-0.15, -0.1) is 11.8 Å². The SMILES string of the molecule is Cc1cc(NC(=O)CSCC(=O)N(Cc2ccc(F)cc2F)C2CC2)no1. The summed E-state index contributed by atoms with van der Waals surface area (Å²) in [6.07, 6.45) is 1.73. The largest absolute Gasteiger partial charge is 0.360 e. The zero-order valence-electron chi connectivity index (χ0n) is 14.7. The topological polar surface area (TPSA) is 75.4 Å². The smallest absolute Gasteiger partial charge is 0.235 e. The lowest BCUT2D eigenvalue weighted by molar-refractivity contribution is -0.129. The third-order valence-corrected chi connectivity index (χ3v) is 4.94. The molecule has 2 aromatic rings. The van der Waals surface area contributed by atoms with E-state index in [0.29, 0.717) is 11.6 Å². The van der Waals surface area contributed by atoms with Crippen LogP contribution in [0.4, 0.5) is 14.6 Å². The van der Waals surface area contributed by atoms with Crippen LogP contribution in [0.2, 0.25) is 0 Å². The number of amides is 2. The quantitative estimate of drug-likeness (QED) is 0.743. The first-order chi connectivity index (χ1) is 12.9. The molecular formula is C18H19F2N3O3S. The molecule has 27 heavy (non-hydrogen) atoms. The van der Waals surface area contributed by atoms with E-state index < -0.39 is 11.6 Å². The lowest BCUT2D eigenvalue weighted by Crippen LogP contribution is -2.34. The van der Waals surface area contributed by atoms with Crippen molar-refractivity contribution < 1.29 is 22.9 Å². The molecule has 0 unspecified atom stereocenters. The molecular weight excluding hydrogens is 376 g/mol. The summed E-state index contributed by atoms with van der Waals surface area (Å²) in [6, 6.07) is 5.02. The second-order valence-electron chi connectivity index (χ2n) is 6.35. The molecule has 1 aromatic carbocycles. The van der Waals surface area contributed by atoms with Gasteiger partial charge in [-0.1, -0.05) is 11.2 Å². The van der Waals surface area contributed by atoms with Crippen LogP contribution in [0.25, 0.3) is 0 Å². The van der Waals surface area contributed by atoms with E-state index in [9.17, 15) is 18.4 Å². The molecule has 0 bridgehead atoms. The fourth-order valence-electron chi connectivity index (χ4n) is 2.56. The van der Waals surface area contributed by atoms with Crippen LogP contribution in [-0.2, 0) is 16.1 Å². The fourth-order valence-corrected chi connectivity index (χ4v) is 3.26. The number of hydrogen-bond acceptors (Lipinski definition) is 5. The minimum absolute atomic E-state index is 0.0782. The normalized spacial score (nSPS) is 13.4. The molecule has 1 saturated carbocycles. The number of carbonyl (C=O) groups is 2. The standard InChI is InChI=1S/C18H19F2N3O3S/c1-11-6-16(22-26-11)21-17(24)9-27-10-18(25)23(14-4-5-14)8-12-2-3-13(19)7-15(12)20/h2-3,6-7,14H,4-5,8-10H2,1H3,(H,21,22,24). The van der Waals surface area contributed by atoms with Crippen LogP contribution in [0, 0.1) is 18.6 Å². The molecule has 2 amide bonds. The predicted octanol–water partition coefficient (Wildman–Crippen LogP) is 3.12. The Morgan fingerprint density at radius 2 is 2.07 bits per heavy atom. The van der Waals surface area contributed by atoms with Gasteiger partial charge in [0.15, 0.2) is 5.82 Å². The van der Waals surface area contributed by atoms with Crippen LogP contribution < -0.4 is 5.32 Å². The number of nitrogens with zero attached hydrogens (tertiary/aromatic N) is 2. The molecule has 1 aliphatic rings. The molecule has 0 radical (unpaired) electrons. The Morgan fingerprint density at radius 3 is 2.70 bits per heavy atom. The summed E-state index contributed by atoms with van der Waals surface area (Å²) in [7, 11) is 0. The molecule has 1 heterocycles. The van der Waals surface area contributed by atoms with Crippen molar-refractivity contribution in [2.75, 3.05) is 16.8 Å². The van der Waals surface area contributed by atoms with Crippen LogP contribution in [0.15, 0.2) is 28.8 Å². The molecule has 1 fully saturated rings. The highest BCUT2D eigenvalue weighted by atomic mass is 32.2. The highest BCUT2D eigenvalue weighted by molar-refractivity contribution is 8.00. The predicted molar refractivity (Wildman–Crippen MR) is 97.1 cm³/mol. The molecule has 9 heteroatoms. The minimum atomic E-state index is -0.664. The number of hydrogen-bond donors (Lipinski definition) is 1. The Morgan fingerprint density at radius 1 is 1.30 bits per heavy atom. The van der Waals surface area contributed by atoms with Gasteiger partial charge in [0.2, 0.25) is 11.8 Å². The zero-order valence-corrected chi connectivity index (χ0v) is 15.5. The van der Waals surface area contributed by atoms with Gasteiger partial charge in [0, 0.05) is 30.3 Å². The molecule has 1 N–H and O–H groups in total. The van der Waals surface area contributed by atoms with Crippen molar-refractivity contribution in [1.29, 1.82) is 0 Å². The summed E-state index contributed by atoms with van der Waals surface area (Å²) in [5, 5.41) is 6.25. The summed E-state index contributed by atoms with van der Waals surface area (Å²) in [4.78, 5) is 26.0. The summed E-state index contributed by atoms with van der Waals surface area (Å²) < 4.78 is 31.8. The number of carbonyl (C=O) groups excluding carboxylic acids is 2. The molecule has 1 aliphatic carbocycles. The van der Waals surface area contributed by atoms with Crippen molar-refractivity contribution in [2.45, 2.75) is 32.4 Å². The summed E-state index contributed by atoms with van der Waals surface area (Å²) in [5.74, 6) is -0.671. The number of aromatic nitrogens is 1. The van der Waals surface area contributed by atoms with Crippen molar-refractivity contribution in [2.24, 2.45) is 0 Å². The van der Waals surface area contributed by atoms with Crippen molar-refractivity contribution >= 4 is 29.4 Å². The zero-order chi connectivity index (χ0) is 19.4. The Hall–Kier alpha value is -2.42. The molecule has 0 atom stereocenters. The van der Waals surface area contributed by atoms with E-state index in [0.717, 1.165) is 18.9 Å². The number of aryl methyl sites for hydroxylation is 1. The van der Waals surface area contributed by atoms with Gasteiger partial charge in [0.1, 0.15) is 17.4 Å². The monoisotopic (exact) mass is 395 g/mol. The highest BCUT2D eigenvalue weighted by Crippen LogP contribution is 2.29. The Balaban J connectivity index is 1.49. The van der Waals surface area contributed by atoms with Gasteiger partial charge in [-0.25, -0.2) is 8.78 Å². The van der Waals surface area contributed by atoms with Gasteiger partial charge in [0.25, 0.3) is 0 Å². The van der Waals surface area contributed by atoms with Crippen LogP contribution in [0.1, 0.15) is 24.2 Å². The second-order valence-corrected chi connectivity index (χ2v) is 7.34. The van der Waals surface area contributed by atoms with E-state index in [1.165, 1.54) is 23.9 Å². The third kappa shape index (κ3) is 5.53. The molecule has 0 spiro atoms. The van der Waals surface area contributed by atoms with Gasteiger partial charge >= 0.3 is 0 Å². The lowest BCUT2D eigenvalue weighted by Gasteiger charge is -2.22. The van der Waals surface area contributed by atoms with E-state index in [-0.39, 0.29) is 41.5 Å². The van der Waals surface area contributed by atoms with E-state index in [2.05, 4.69) is 10.5 Å². The van der Waals surface area contributed by atoms with Gasteiger partial charge in [-0.05, 0) is 25.8 Å². The minimum Gasteiger partial charge on any atom is -0.360 e. The second kappa shape index (κ2) is 8.51. The summed E-state index contributed by atoms with van der Waals surface area (Å²) in [6.45, 7) is 1.81. The average molecular weight is 395 g/mol. The number of rotatable bonds is 8. The molecule has 1 aromatic heterocycles. The van der Waals surface area contributed by atoms with E-state index >= 15 is 0 Å². The maximum Gasteiger partial charge on any atom is 0.235 e. The van der Waals surface area contributed by atoms with Crippen molar-refractivity contribution in [3.8, 4) is 0 Å². The van der Waals surface area contributed by atoms with Gasteiger partial charge in [0.05, 0.1) is 11.5 Å². The van der Waals surface area contributed by atoms with Crippen molar-refractivity contribution in [1.82, 2.24) is 10.1 Å². The number of benzene rings is 1. The Bertz CT molecular complexity index is 839. The van der Waals surface area contributed by atoms with Crippen molar-refractivity contribution in [3.63, 3.8) is 0 Å². The van der Waals surface area contributed by atoms with Crippen LogP contribution in [0.5, 0.6) is 0 Å². The Kier molecular flexibility index (Phi) is 6.10. The first kappa shape index (κ1) is 19.3. The maximum absolute atomic E-state index is 13.9. The molecule has 3 rings (SSSR count). The first-order valence-corrected chi connectivity index (χ1v) is 9.62. The van der Waals surface area contributed by atoms with Crippen LogP contribution in [0.3, 0.4) is 0 Å². The van der Waals surface area contributed by atoms with E-state index in [4.69, 9.17) is 4.52 Å². The van der Waals surface area contributed by atoms with Gasteiger partial charge < -0.3 is 14.7 Å². The molecule has 6 nitrogen and oxygen atoms in total. The Labute approximate surface area is 159 Å². The summed E-state index contributed by atoms with van der Waals surface area (Å²) >= 11 is 1.17. The van der Waals surface area contributed by atoms with Crippen molar-refractivity contribution in [3.05, 3.63) is 47.2 Å². The fraction of sp³-hybridized carbons (Fsp3) is 0.389. The number of thioether (sulfide) groups is 1. The lowest BCUT2D eigenvalue weighted by atomic mass is 10.2. The van der Waals surface area contributed by atoms with Gasteiger partial charge in [-0.2, -0.15) is 0 Å². The molecule has 0 saturated heterocycles.